The molecule has 3 aliphatic rings. The number of benzene rings is 1. The average Bonchev–Trinajstić information content (AvgIpc) is 3.01. The molecule has 7 heteroatoms. The standard InChI is InChI=1S/C15H14N2O5/c18-13(16-9-11-7-15(16,8-11)14(19)20)6-3-10-1-4-12(5-2-10)17(21)22/h1-6,11H,7-9H2,(H,19,20)/b6-3+. The van der Waals surface area contributed by atoms with Crippen LogP contribution in [0.25, 0.3) is 6.08 Å². The topological polar surface area (TPSA) is 101 Å². The smallest absolute Gasteiger partial charge is 0.329 e. The average molecular weight is 302 g/mol. The molecule has 1 aromatic rings. The second-order valence-electron chi connectivity index (χ2n) is 5.74. The summed E-state index contributed by atoms with van der Waals surface area (Å²) in [5.41, 5.74) is -0.398. The number of hydrogen-bond donors (Lipinski definition) is 1. The lowest BCUT2D eigenvalue weighted by Gasteiger charge is -2.37. The maximum absolute atomic E-state index is 12.2. The number of amides is 1. The summed E-state index contributed by atoms with van der Waals surface area (Å²) in [4.78, 5) is 35.1. The summed E-state index contributed by atoms with van der Waals surface area (Å²) in [6.45, 7) is 0.482. The van der Waals surface area contributed by atoms with Gasteiger partial charge in [0.05, 0.1) is 4.92 Å². The van der Waals surface area contributed by atoms with Crippen LogP contribution in [0.3, 0.4) is 0 Å². The zero-order chi connectivity index (χ0) is 15.9. The second-order valence-corrected chi connectivity index (χ2v) is 5.74. The fourth-order valence-corrected chi connectivity index (χ4v) is 3.23. The molecule has 7 nitrogen and oxygen atoms in total. The molecule has 114 valence electrons. The van der Waals surface area contributed by atoms with Crippen molar-refractivity contribution in [2.24, 2.45) is 5.92 Å². The van der Waals surface area contributed by atoms with Crippen molar-refractivity contribution in [2.75, 3.05) is 6.54 Å². The fourth-order valence-electron chi connectivity index (χ4n) is 3.23. The van der Waals surface area contributed by atoms with E-state index >= 15 is 0 Å². The Bertz CT molecular complexity index is 674. The second kappa shape index (κ2) is 4.94. The van der Waals surface area contributed by atoms with E-state index < -0.39 is 16.4 Å². The summed E-state index contributed by atoms with van der Waals surface area (Å²) < 4.78 is 0. The highest BCUT2D eigenvalue weighted by molar-refractivity contribution is 5.97. The van der Waals surface area contributed by atoms with Gasteiger partial charge in [-0.2, -0.15) is 0 Å². The number of rotatable bonds is 4. The minimum absolute atomic E-state index is 0.0197. The van der Waals surface area contributed by atoms with E-state index in [2.05, 4.69) is 0 Å². The third kappa shape index (κ3) is 2.14. The Morgan fingerprint density at radius 1 is 1.32 bits per heavy atom. The van der Waals surface area contributed by atoms with E-state index in [9.17, 15) is 24.8 Å². The number of nitrogens with zero attached hydrogens (tertiary/aromatic N) is 2. The van der Waals surface area contributed by atoms with Crippen molar-refractivity contribution in [2.45, 2.75) is 18.4 Å². The van der Waals surface area contributed by atoms with Crippen LogP contribution in [-0.2, 0) is 9.59 Å². The van der Waals surface area contributed by atoms with E-state index in [0.717, 1.165) is 0 Å². The summed E-state index contributed by atoms with van der Waals surface area (Å²) >= 11 is 0. The zero-order valence-corrected chi connectivity index (χ0v) is 11.6. The van der Waals surface area contributed by atoms with Gasteiger partial charge in [-0.3, -0.25) is 14.9 Å². The first-order chi connectivity index (χ1) is 10.4. The van der Waals surface area contributed by atoms with E-state index in [0.29, 0.717) is 24.9 Å². The number of hydrogen-bond acceptors (Lipinski definition) is 4. The minimum Gasteiger partial charge on any atom is -0.479 e. The lowest BCUT2D eigenvalue weighted by Crippen LogP contribution is -2.54. The molecule has 1 aromatic carbocycles. The van der Waals surface area contributed by atoms with E-state index in [4.69, 9.17) is 0 Å². The quantitative estimate of drug-likeness (QED) is 0.518. The maximum atomic E-state index is 12.2. The van der Waals surface area contributed by atoms with Crippen molar-refractivity contribution >= 4 is 23.6 Å². The SMILES string of the molecule is O=C(/C=C/c1ccc([N+](=O)[O-])cc1)N1CC2CC1(C(=O)O)C2. The lowest BCUT2D eigenvalue weighted by molar-refractivity contribution is -0.384. The molecule has 0 atom stereocenters. The van der Waals surface area contributed by atoms with Gasteiger partial charge < -0.3 is 10.0 Å². The molecule has 0 aromatic heterocycles. The molecule has 1 saturated carbocycles. The molecular formula is C15H14N2O5. The maximum Gasteiger partial charge on any atom is 0.329 e. The molecule has 3 fully saturated rings. The number of carbonyl (C=O) groups excluding carboxylic acids is 1. The Balaban J connectivity index is 1.71. The summed E-state index contributed by atoms with van der Waals surface area (Å²) in [5.74, 6) is -0.994. The molecule has 4 rings (SSSR count). The van der Waals surface area contributed by atoms with Crippen LogP contribution in [0.4, 0.5) is 5.69 Å². The molecule has 1 amide bonds. The van der Waals surface area contributed by atoms with Crippen molar-refractivity contribution in [3.63, 3.8) is 0 Å². The van der Waals surface area contributed by atoms with Gasteiger partial charge in [0, 0.05) is 24.8 Å². The molecule has 1 aliphatic carbocycles. The number of aliphatic carboxylic acids is 1. The highest BCUT2D eigenvalue weighted by Crippen LogP contribution is 2.50. The van der Waals surface area contributed by atoms with E-state index in [-0.39, 0.29) is 17.5 Å². The first kappa shape index (κ1) is 14.2. The molecule has 2 heterocycles. The van der Waals surface area contributed by atoms with Crippen LogP contribution < -0.4 is 0 Å². The largest absolute Gasteiger partial charge is 0.479 e. The van der Waals surface area contributed by atoms with Crippen LogP contribution in [0.15, 0.2) is 30.3 Å². The van der Waals surface area contributed by atoms with Gasteiger partial charge in [-0.15, -0.1) is 0 Å². The van der Waals surface area contributed by atoms with Gasteiger partial charge in [0.2, 0.25) is 5.91 Å². The Hall–Kier alpha value is -2.70. The van der Waals surface area contributed by atoms with E-state index in [1.807, 2.05) is 0 Å². The van der Waals surface area contributed by atoms with Gasteiger partial charge >= 0.3 is 5.97 Å². The monoisotopic (exact) mass is 302 g/mol. The van der Waals surface area contributed by atoms with E-state index in [1.54, 1.807) is 12.1 Å². The molecule has 2 aliphatic heterocycles. The number of carboxylic acid groups (broad SMARTS) is 1. The van der Waals surface area contributed by atoms with Crippen molar-refractivity contribution in [1.82, 2.24) is 4.90 Å². The van der Waals surface area contributed by atoms with Crippen molar-refractivity contribution in [3.05, 3.63) is 46.0 Å². The minimum atomic E-state index is -1.03. The molecule has 2 saturated heterocycles. The van der Waals surface area contributed by atoms with Crippen LogP contribution in [-0.4, -0.2) is 38.9 Å². The van der Waals surface area contributed by atoms with Gasteiger partial charge in [-0.1, -0.05) is 0 Å². The number of nitro groups is 1. The first-order valence-corrected chi connectivity index (χ1v) is 6.90. The summed E-state index contributed by atoms with van der Waals surface area (Å²) in [6.07, 6.45) is 3.92. The van der Waals surface area contributed by atoms with Crippen LogP contribution >= 0.6 is 0 Å². The van der Waals surface area contributed by atoms with Crippen LogP contribution in [0, 0.1) is 16.0 Å². The number of fused-ring (bicyclic) bond motifs is 1. The van der Waals surface area contributed by atoms with E-state index in [1.165, 1.54) is 29.2 Å². The van der Waals surface area contributed by atoms with Crippen LogP contribution in [0.2, 0.25) is 0 Å². The predicted octanol–water partition coefficient (Wildman–Crippen LogP) is 1.68. The van der Waals surface area contributed by atoms with Crippen molar-refractivity contribution in [3.8, 4) is 0 Å². The van der Waals surface area contributed by atoms with Crippen LogP contribution in [0.1, 0.15) is 18.4 Å². The summed E-state index contributed by atoms with van der Waals surface area (Å²) in [6, 6.07) is 5.79. The Labute approximate surface area is 126 Å². The molecule has 0 spiro atoms. The number of nitro benzene ring substituents is 1. The number of carbonyl (C=O) groups is 2. The molecule has 0 radical (unpaired) electrons. The van der Waals surface area contributed by atoms with Gasteiger partial charge in [0.15, 0.2) is 0 Å². The molecule has 22 heavy (non-hydrogen) atoms. The molecule has 0 unspecified atom stereocenters. The summed E-state index contributed by atoms with van der Waals surface area (Å²) in [7, 11) is 0. The highest BCUT2D eigenvalue weighted by atomic mass is 16.6. The van der Waals surface area contributed by atoms with Crippen molar-refractivity contribution in [1.29, 1.82) is 0 Å². The van der Waals surface area contributed by atoms with Crippen molar-refractivity contribution < 1.29 is 19.6 Å². The number of non-ortho nitro benzene ring substituents is 1. The normalized spacial score (nSPS) is 26.0. The summed E-state index contributed by atoms with van der Waals surface area (Å²) in [5, 5.41) is 19.9. The first-order valence-electron chi connectivity index (χ1n) is 6.90. The lowest BCUT2D eigenvalue weighted by atomic mass is 9.73. The van der Waals surface area contributed by atoms with Gasteiger partial charge in [0.25, 0.3) is 5.69 Å². The third-order valence-electron chi connectivity index (χ3n) is 4.40. The fraction of sp³-hybridized carbons (Fsp3) is 0.333. The van der Waals surface area contributed by atoms with Gasteiger partial charge in [-0.25, -0.2) is 4.79 Å². The molecule has 1 N–H and O–H groups in total. The van der Waals surface area contributed by atoms with Gasteiger partial charge in [-0.05, 0) is 42.5 Å². The Morgan fingerprint density at radius 2 is 1.95 bits per heavy atom. The number of carboxylic acids is 1. The highest BCUT2D eigenvalue weighted by Gasteiger charge is 2.62. The van der Waals surface area contributed by atoms with Gasteiger partial charge in [0.1, 0.15) is 5.54 Å². The Kier molecular flexibility index (Phi) is 3.20. The Morgan fingerprint density at radius 3 is 2.50 bits per heavy atom. The predicted molar refractivity (Wildman–Crippen MR) is 76.9 cm³/mol. The molecular weight excluding hydrogens is 288 g/mol. The van der Waals surface area contributed by atoms with Crippen LogP contribution in [0.5, 0.6) is 0 Å². The zero-order valence-electron chi connectivity index (χ0n) is 11.6. The molecule has 2 bridgehead atoms. The third-order valence-corrected chi connectivity index (χ3v) is 4.40.